The smallest absolute Gasteiger partial charge is 0.355 e. The molecule has 0 amide bonds. The van der Waals surface area contributed by atoms with Crippen molar-refractivity contribution >= 4 is 33.8 Å². The number of nitrogens with one attached hydrogen (secondary N) is 1. The minimum absolute atomic E-state index is 0.0103. The van der Waals surface area contributed by atoms with Gasteiger partial charge in [-0.15, -0.1) is 0 Å². The van der Waals surface area contributed by atoms with Crippen molar-refractivity contribution in [3.63, 3.8) is 0 Å². The molecule has 4 bridgehead atoms. The quantitative estimate of drug-likeness (QED) is 0.306. The normalized spacial score (nSPS) is 30.2. The number of esters is 3. The van der Waals surface area contributed by atoms with Gasteiger partial charge in [-0.2, -0.15) is 0 Å². The first kappa shape index (κ1) is 23.3. The van der Waals surface area contributed by atoms with Crippen LogP contribution in [0.25, 0.3) is 0 Å². The van der Waals surface area contributed by atoms with E-state index in [0.717, 1.165) is 19.3 Å². The Morgan fingerprint density at radius 2 is 1.62 bits per heavy atom. The van der Waals surface area contributed by atoms with E-state index >= 15 is 0 Å². The zero-order valence-electron chi connectivity index (χ0n) is 19.1. The van der Waals surface area contributed by atoms with Crippen LogP contribution in [-0.4, -0.2) is 40.4 Å². The van der Waals surface area contributed by atoms with Crippen LogP contribution in [0.3, 0.4) is 0 Å². The minimum Gasteiger partial charge on any atom is -0.462 e. The van der Waals surface area contributed by atoms with Gasteiger partial charge in [-0.1, -0.05) is 15.9 Å². The van der Waals surface area contributed by atoms with Crippen LogP contribution < -0.4 is 0 Å². The Hall–Kier alpha value is -1.83. The predicted molar refractivity (Wildman–Crippen MR) is 121 cm³/mol. The van der Waals surface area contributed by atoms with Crippen LogP contribution in [-0.2, 0) is 25.6 Å². The Morgan fingerprint density at radius 1 is 1.00 bits per heavy atom. The summed E-state index contributed by atoms with van der Waals surface area (Å²) in [5.74, 6) is 0.0198. The van der Waals surface area contributed by atoms with E-state index in [1.165, 1.54) is 19.3 Å². The van der Waals surface area contributed by atoms with E-state index in [9.17, 15) is 14.4 Å². The lowest BCUT2D eigenvalue weighted by Gasteiger charge is -2.60. The van der Waals surface area contributed by atoms with E-state index in [0.29, 0.717) is 29.5 Å². The molecule has 4 aliphatic rings. The van der Waals surface area contributed by atoms with Crippen LogP contribution in [0.5, 0.6) is 0 Å². The molecule has 7 nitrogen and oxygen atoms in total. The molecule has 4 aliphatic carbocycles. The molecular weight excluding hydrogens is 478 g/mol. The molecule has 0 saturated heterocycles. The molecule has 0 aromatic carbocycles. The van der Waals surface area contributed by atoms with Gasteiger partial charge in [-0.3, -0.25) is 4.79 Å². The first-order valence-electron chi connectivity index (χ1n) is 11.6. The van der Waals surface area contributed by atoms with E-state index in [1.807, 2.05) is 0 Å². The number of carbonyl (C=O) groups is 3. The summed E-state index contributed by atoms with van der Waals surface area (Å²) in [6, 6.07) is 0. The Balaban J connectivity index is 1.47. The fraction of sp³-hybridized carbons (Fsp3) is 0.708. The summed E-state index contributed by atoms with van der Waals surface area (Å²) in [6.07, 6.45) is 7.30. The lowest BCUT2D eigenvalue weighted by atomic mass is 9.49. The molecule has 0 radical (unpaired) electrons. The van der Waals surface area contributed by atoms with Gasteiger partial charge in [0.25, 0.3) is 0 Å². The van der Waals surface area contributed by atoms with Crippen molar-refractivity contribution in [1.29, 1.82) is 0 Å². The molecule has 1 aromatic heterocycles. The van der Waals surface area contributed by atoms with Crippen LogP contribution in [0.15, 0.2) is 0 Å². The molecule has 0 aliphatic heterocycles. The van der Waals surface area contributed by atoms with Crippen LogP contribution in [0.4, 0.5) is 0 Å². The highest BCUT2D eigenvalue weighted by atomic mass is 79.9. The second-order valence-corrected chi connectivity index (χ2v) is 11.6. The van der Waals surface area contributed by atoms with Gasteiger partial charge in [-0.05, 0) is 82.1 Å². The molecular formula is C24H32BrNO6. The van der Waals surface area contributed by atoms with Crippen molar-refractivity contribution in [2.75, 3.05) is 13.2 Å². The minimum atomic E-state index is -0.552. The number of hydrogen-bond acceptors (Lipinski definition) is 6. The average molecular weight is 510 g/mol. The lowest BCUT2D eigenvalue weighted by molar-refractivity contribution is -0.152. The fourth-order valence-electron chi connectivity index (χ4n) is 6.71. The molecule has 5 rings (SSSR count). The largest absolute Gasteiger partial charge is 0.462 e. The maximum atomic E-state index is 12.9. The van der Waals surface area contributed by atoms with Gasteiger partial charge in [0.15, 0.2) is 0 Å². The number of hydrogen-bond donors (Lipinski definition) is 1. The summed E-state index contributed by atoms with van der Waals surface area (Å²) in [5, 5.41) is 0. The van der Waals surface area contributed by atoms with Gasteiger partial charge in [0.2, 0.25) is 0 Å². The number of aromatic amines is 1. The molecule has 176 valence electrons. The fourth-order valence-corrected chi connectivity index (χ4v) is 8.22. The van der Waals surface area contributed by atoms with E-state index in [2.05, 4.69) is 20.9 Å². The second-order valence-electron chi connectivity index (χ2n) is 9.87. The number of ether oxygens (including phenoxy) is 3. The molecule has 1 N–H and O–H groups in total. The maximum Gasteiger partial charge on any atom is 0.355 e. The first-order chi connectivity index (χ1) is 15.2. The highest BCUT2D eigenvalue weighted by molar-refractivity contribution is 9.10. The monoisotopic (exact) mass is 509 g/mol. The number of carbonyl (C=O) groups excluding carboxylic acids is 3. The van der Waals surface area contributed by atoms with Crippen molar-refractivity contribution in [2.24, 2.45) is 17.3 Å². The molecule has 1 heterocycles. The Labute approximate surface area is 197 Å². The van der Waals surface area contributed by atoms with Crippen molar-refractivity contribution in [3.05, 3.63) is 22.5 Å². The zero-order chi connectivity index (χ0) is 23.1. The van der Waals surface area contributed by atoms with Crippen molar-refractivity contribution in [1.82, 2.24) is 4.98 Å². The SMILES string of the molecule is CCOC(=O)c1[nH]c(COC(=O)CC23C[C@@H]4C[C@@H](CC(Br)(C4)C2)C3)c(C(=O)OCC)c1C. The zero-order valence-corrected chi connectivity index (χ0v) is 20.6. The summed E-state index contributed by atoms with van der Waals surface area (Å²) >= 11 is 3.98. The van der Waals surface area contributed by atoms with Gasteiger partial charge in [0.05, 0.1) is 30.9 Å². The van der Waals surface area contributed by atoms with Crippen molar-refractivity contribution < 1.29 is 28.6 Å². The van der Waals surface area contributed by atoms with Crippen LogP contribution in [0.2, 0.25) is 0 Å². The van der Waals surface area contributed by atoms with Crippen molar-refractivity contribution in [3.8, 4) is 0 Å². The summed E-state index contributed by atoms with van der Waals surface area (Å²) in [5.41, 5.74) is 1.23. The van der Waals surface area contributed by atoms with Gasteiger partial charge >= 0.3 is 17.9 Å². The van der Waals surface area contributed by atoms with Gasteiger partial charge in [-0.25, -0.2) is 9.59 Å². The Kier molecular flexibility index (Phi) is 6.45. The summed E-state index contributed by atoms with van der Waals surface area (Å²) in [6.45, 7) is 5.40. The summed E-state index contributed by atoms with van der Waals surface area (Å²) in [4.78, 5) is 40.6. The molecule has 4 saturated carbocycles. The number of H-pyrrole nitrogens is 1. The third kappa shape index (κ3) is 4.47. The van der Waals surface area contributed by atoms with E-state index < -0.39 is 11.9 Å². The topological polar surface area (TPSA) is 94.7 Å². The number of rotatable bonds is 8. The van der Waals surface area contributed by atoms with E-state index in [-0.39, 0.29) is 46.8 Å². The average Bonchev–Trinajstić information content (AvgIpc) is 3.01. The number of halogens is 1. The van der Waals surface area contributed by atoms with Crippen molar-refractivity contribution in [2.45, 2.75) is 76.6 Å². The summed E-state index contributed by atoms with van der Waals surface area (Å²) < 4.78 is 16.0. The van der Waals surface area contributed by atoms with E-state index in [1.54, 1.807) is 20.8 Å². The second kappa shape index (κ2) is 8.84. The highest BCUT2D eigenvalue weighted by Crippen LogP contribution is 2.65. The van der Waals surface area contributed by atoms with Gasteiger partial charge in [0, 0.05) is 4.32 Å². The Bertz CT molecular complexity index is 908. The van der Waals surface area contributed by atoms with Crippen LogP contribution in [0.1, 0.15) is 90.9 Å². The summed E-state index contributed by atoms with van der Waals surface area (Å²) in [7, 11) is 0. The van der Waals surface area contributed by atoms with Crippen LogP contribution in [0, 0.1) is 24.2 Å². The molecule has 32 heavy (non-hydrogen) atoms. The molecule has 4 fully saturated rings. The van der Waals surface area contributed by atoms with Crippen LogP contribution >= 0.6 is 15.9 Å². The van der Waals surface area contributed by atoms with Gasteiger partial charge < -0.3 is 19.2 Å². The third-order valence-electron chi connectivity index (χ3n) is 7.29. The third-order valence-corrected chi connectivity index (χ3v) is 8.22. The maximum absolute atomic E-state index is 12.9. The number of alkyl halides is 1. The lowest BCUT2D eigenvalue weighted by Crippen LogP contribution is -2.53. The molecule has 2 unspecified atom stereocenters. The van der Waals surface area contributed by atoms with Gasteiger partial charge in [0.1, 0.15) is 12.3 Å². The molecule has 4 atom stereocenters. The molecule has 0 spiro atoms. The molecule has 1 aromatic rings. The Morgan fingerprint density at radius 3 is 2.22 bits per heavy atom. The predicted octanol–water partition coefficient (Wildman–Crippen LogP) is 4.84. The first-order valence-corrected chi connectivity index (χ1v) is 12.4. The highest BCUT2D eigenvalue weighted by Gasteiger charge is 2.57. The molecule has 8 heteroatoms. The van der Waals surface area contributed by atoms with E-state index in [4.69, 9.17) is 14.2 Å². The number of aromatic nitrogens is 1. The standard InChI is InChI=1S/C24H32BrNO6/c1-4-30-21(28)19-14(3)20(22(29)31-5-2)26-17(19)12-32-18(27)11-23-7-15-6-16(8-23)10-24(25,9-15)13-23/h15-16,26H,4-13H2,1-3H3/t15-,16+,23?,24?.